The van der Waals surface area contributed by atoms with Crippen LogP contribution in [0.1, 0.15) is 62.5 Å². The summed E-state index contributed by atoms with van der Waals surface area (Å²) in [5, 5.41) is 15.3. The fourth-order valence-corrected chi connectivity index (χ4v) is 4.99. The van der Waals surface area contributed by atoms with Crippen LogP contribution in [0.5, 0.6) is 0 Å². The maximum absolute atomic E-state index is 13.4. The highest BCUT2D eigenvalue weighted by atomic mass is 16.2. The van der Waals surface area contributed by atoms with Crippen molar-refractivity contribution in [2.45, 2.75) is 68.9 Å². The second-order valence-electron chi connectivity index (χ2n) is 8.39. The SMILES string of the molecule is N#CC1(NC(=O)CN2C(=O)N[C@]3(CCCCc4ccccc43)C2=O)CCCCC1. The van der Waals surface area contributed by atoms with Gasteiger partial charge in [-0.25, -0.2) is 4.79 Å². The quantitative estimate of drug-likeness (QED) is 0.769. The summed E-state index contributed by atoms with van der Waals surface area (Å²) < 4.78 is 0. The summed E-state index contributed by atoms with van der Waals surface area (Å²) in [4.78, 5) is 39.8. The molecule has 3 aliphatic rings. The number of nitrogens with zero attached hydrogens (tertiary/aromatic N) is 2. The summed E-state index contributed by atoms with van der Waals surface area (Å²) in [5.74, 6) is -0.836. The number of amides is 4. The average molecular weight is 394 g/mol. The first-order valence-corrected chi connectivity index (χ1v) is 10.4. The Balaban J connectivity index is 1.55. The standard InChI is InChI=1S/C22H26N4O3/c23-15-21(11-5-1-6-12-21)24-18(27)14-26-19(28)22(25-20(26)29)13-7-4-9-16-8-2-3-10-17(16)22/h2-3,8,10H,1,4-7,9,11-14H2,(H,24,27)(H,25,29)/t22-/m0/s1. The minimum atomic E-state index is -1.10. The summed E-state index contributed by atoms with van der Waals surface area (Å²) in [6.07, 6.45) is 7.19. The smallest absolute Gasteiger partial charge is 0.325 e. The highest BCUT2D eigenvalue weighted by Crippen LogP contribution is 2.39. The molecule has 152 valence electrons. The third kappa shape index (κ3) is 3.37. The zero-order valence-corrected chi connectivity index (χ0v) is 16.5. The Bertz CT molecular complexity index is 884. The number of urea groups is 1. The van der Waals surface area contributed by atoms with Gasteiger partial charge in [0.15, 0.2) is 0 Å². The van der Waals surface area contributed by atoms with Gasteiger partial charge in [-0.15, -0.1) is 0 Å². The van der Waals surface area contributed by atoms with Gasteiger partial charge in [-0.05, 0) is 49.7 Å². The van der Waals surface area contributed by atoms with Crippen molar-refractivity contribution in [2.24, 2.45) is 0 Å². The van der Waals surface area contributed by atoms with Crippen molar-refractivity contribution in [3.63, 3.8) is 0 Å². The second kappa shape index (κ2) is 7.51. The predicted molar refractivity (Wildman–Crippen MR) is 105 cm³/mol. The summed E-state index contributed by atoms with van der Waals surface area (Å²) >= 11 is 0. The van der Waals surface area contributed by atoms with E-state index in [0.29, 0.717) is 19.3 Å². The van der Waals surface area contributed by atoms with Crippen molar-refractivity contribution in [3.8, 4) is 6.07 Å². The molecule has 0 bridgehead atoms. The molecule has 1 atom stereocenters. The Hall–Kier alpha value is -2.88. The summed E-state index contributed by atoms with van der Waals surface area (Å²) in [5.41, 5.74) is -0.0845. The lowest BCUT2D eigenvalue weighted by Gasteiger charge is -2.32. The van der Waals surface area contributed by atoms with Gasteiger partial charge < -0.3 is 10.6 Å². The van der Waals surface area contributed by atoms with Crippen molar-refractivity contribution in [1.82, 2.24) is 15.5 Å². The van der Waals surface area contributed by atoms with E-state index in [-0.39, 0.29) is 12.5 Å². The van der Waals surface area contributed by atoms with Crippen molar-refractivity contribution in [2.75, 3.05) is 6.54 Å². The van der Waals surface area contributed by atoms with Crippen LogP contribution in [0.2, 0.25) is 0 Å². The molecule has 1 spiro atoms. The maximum Gasteiger partial charge on any atom is 0.325 e. The van der Waals surface area contributed by atoms with Crippen molar-refractivity contribution >= 4 is 17.8 Å². The lowest BCUT2D eigenvalue weighted by atomic mass is 9.83. The molecule has 1 aliphatic heterocycles. The van der Waals surface area contributed by atoms with Crippen molar-refractivity contribution in [3.05, 3.63) is 35.4 Å². The fourth-order valence-electron chi connectivity index (χ4n) is 4.99. The number of rotatable bonds is 3. The Labute approximate surface area is 170 Å². The molecular weight excluding hydrogens is 368 g/mol. The number of benzene rings is 1. The lowest BCUT2D eigenvalue weighted by Crippen LogP contribution is -2.52. The molecule has 0 unspecified atom stereocenters. The van der Waals surface area contributed by atoms with Gasteiger partial charge in [0.2, 0.25) is 5.91 Å². The van der Waals surface area contributed by atoms with Gasteiger partial charge in [0.05, 0.1) is 6.07 Å². The van der Waals surface area contributed by atoms with E-state index >= 15 is 0 Å². The van der Waals surface area contributed by atoms with E-state index in [9.17, 15) is 19.6 Å². The number of hydrogen-bond acceptors (Lipinski definition) is 4. The minimum absolute atomic E-state index is 0.363. The molecule has 7 nitrogen and oxygen atoms in total. The largest absolute Gasteiger partial charge is 0.336 e. The van der Waals surface area contributed by atoms with Crippen LogP contribution in [-0.2, 0) is 21.5 Å². The normalized spacial score (nSPS) is 25.7. The highest BCUT2D eigenvalue weighted by Gasteiger charge is 2.53. The zero-order valence-electron chi connectivity index (χ0n) is 16.5. The van der Waals surface area contributed by atoms with Gasteiger partial charge in [0.25, 0.3) is 5.91 Å². The first kappa shape index (κ1) is 19.4. The Morgan fingerprint density at radius 1 is 1.10 bits per heavy atom. The summed E-state index contributed by atoms with van der Waals surface area (Å²) in [6.45, 7) is -0.363. The molecule has 0 aromatic heterocycles. The van der Waals surface area contributed by atoms with Crippen LogP contribution in [-0.4, -0.2) is 34.8 Å². The molecule has 1 heterocycles. The van der Waals surface area contributed by atoms with E-state index in [1.165, 1.54) is 0 Å². The van der Waals surface area contributed by atoms with Crippen LogP contribution in [0, 0.1) is 11.3 Å². The number of nitrogens with one attached hydrogen (secondary N) is 2. The summed E-state index contributed by atoms with van der Waals surface area (Å²) in [6, 6.07) is 9.40. The van der Waals surface area contributed by atoms with E-state index in [4.69, 9.17) is 0 Å². The molecule has 2 fully saturated rings. The number of nitriles is 1. The highest BCUT2D eigenvalue weighted by molar-refractivity contribution is 6.09. The fraction of sp³-hybridized carbons (Fsp3) is 0.545. The van der Waals surface area contributed by atoms with Gasteiger partial charge >= 0.3 is 6.03 Å². The zero-order chi connectivity index (χ0) is 20.5. The molecule has 1 saturated carbocycles. The van der Waals surface area contributed by atoms with Crippen LogP contribution in [0.15, 0.2) is 24.3 Å². The Morgan fingerprint density at radius 3 is 2.59 bits per heavy atom. The van der Waals surface area contributed by atoms with Crippen LogP contribution in [0.3, 0.4) is 0 Å². The maximum atomic E-state index is 13.4. The van der Waals surface area contributed by atoms with Crippen LogP contribution < -0.4 is 10.6 Å². The number of carbonyl (C=O) groups is 3. The van der Waals surface area contributed by atoms with Gasteiger partial charge in [0.1, 0.15) is 17.6 Å². The van der Waals surface area contributed by atoms with Gasteiger partial charge in [-0.2, -0.15) is 5.26 Å². The summed E-state index contributed by atoms with van der Waals surface area (Å²) in [7, 11) is 0. The van der Waals surface area contributed by atoms with Crippen molar-refractivity contribution in [1.29, 1.82) is 5.26 Å². The van der Waals surface area contributed by atoms with Gasteiger partial charge in [-0.1, -0.05) is 43.5 Å². The van der Waals surface area contributed by atoms with E-state index in [1.807, 2.05) is 24.3 Å². The molecule has 4 rings (SSSR count). The van der Waals surface area contributed by atoms with E-state index in [0.717, 1.165) is 54.6 Å². The van der Waals surface area contributed by atoms with E-state index in [1.54, 1.807) is 0 Å². The van der Waals surface area contributed by atoms with Crippen molar-refractivity contribution < 1.29 is 14.4 Å². The monoisotopic (exact) mass is 394 g/mol. The van der Waals surface area contributed by atoms with E-state index in [2.05, 4.69) is 16.7 Å². The van der Waals surface area contributed by atoms with Gasteiger partial charge in [0, 0.05) is 0 Å². The molecule has 2 N–H and O–H groups in total. The minimum Gasteiger partial charge on any atom is -0.336 e. The van der Waals surface area contributed by atoms with Crippen LogP contribution in [0.25, 0.3) is 0 Å². The average Bonchev–Trinajstić information content (AvgIpc) is 2.87. The first-order chi connectivity index (χ1) is 14.0. The molecule has 1 aromatic rings. The molecule has 1 aromatic carbocycles. The number of hydrogen-bond donors (Lipinski definition) is 2. The second-order valence-corrected chi connectivity index (χ2v) is 8.39. The van der Waals surface area contributed by atoms with E-state index < -0.39 is 23.0 Å². The number of fused-ring (bicyclic) bond motifs is 2. The molecule has 0 radical (unpaired) electrons. The molecule has 7 heteroatoms. The predicted octanol–water partition coefficient (Wildman–Crippen LogP) is 2.50. The molecule has 29 heavy (non-hydrogen) atoms. The number of imide groups is 1. The molecular formula is C22H26N4O3. The third-order valence-electron chi connectivity index (χ3n) is 6.50. The van der Waals surface area contributed by atoms with Crippen LogP contribution in [0.4, 0.5) is 4.79 Å². The lowest BCUT2D eigenvalue weighted by molar-refractivity contribution is -0.136. The van der Waals surface area contributed by atoms with Gasteiger partial charge in [-0.3, -0.25) is 14.5 Å². The first-order valence-electron chi connectivity index (χ1n) is 10.4. The topological polar surface area (TPSA) is 102 Å². The Kier molecular flexibility index (Phi) is 5.03. The van der Waals surface area contributed by atoms with Crippen LogP contribution >= 0.6 is 0 Å². The Morgan fingerprint density at radius 2 is 1.83 bits per heavy atom. The molecule has 1 saturated heterocycles. The number of aryl methyl sites for hydroxylation is 1. The molecule has 2 aliphatic carbocycles. The molecule has 4 amide bonds. The third-order valence-corrected chi connectivity index (χ3v) is 6.50. The number of carbonyl (C=O) groups excluding carboxylic acids is 3.